The second-order valence-corrected chi connectivity index (χ2v) is 7.91. The summed E-state index contributed by atoms with van der Waals surface area (Å²) in [5.74, 6) is 1.18. The number of rotatable bonds is 7. The zero-order chi connectivity index (χ0) is 21.6. The van der Waals surface area contributed by atoms with Gasteiger partial charge >= 0.3 is 0 Å². The van der Waals surface area contributed by atoms with Gasteiger partial charge < -0.3 is 29.2 Å². The van der Waals surface area contributed by atoms with Crippen LogP contribution in [0, 0.1) is 0 Å². The van der Waals surface area contributed by atoms with Crippen LogP contribution in [0.15, 0.2) is 18.5 Å². The minimum Gasteiger partial charge on any atom is -0.489 e. The number of hydrogen-bond donors (Lipinski definition) is 1. The van der Waals surface area contributed by atoms with E-state index in [1.165, 1.54) is 13.4 Å². The van der Waals surface area contributed by atoms with E-state index in [0.717, 1.165) is 61.1 Å². The standard InChI is InChI=1S/C22H30N4O5/c1-28-13-20(27)25-15-3-5-17(6-4-15)31-19-12-16(26-7-9-30-10-8-26)11-18-21(19)22(29-2)24-14-23-18/h11-12,14-15,17H,3-10,13H2,1-2H3,(H,25,27)/t15-,17+. The highest BCUT2D eigenvalue weighted by molar-refractivity contribution is 5.92. The molecule has 1 aromatic heterocycles. The second-order valence-electron chi connectivity index (χ2n) is 7.91. The van der Waals surface area contributed by atoms with Crippen LogP contribution in [0.1, 0.15) is 25.7 Å². The molecule has 1 N–H and O–H groups in total. The molecule has 1 aromatic carbocycles. The predicted molar refractivity (Wildman–Crippen MR) is 116 cm³/mol. The molecule has 0 radical (unpaired) electrons. The fraction of sp³-hybridized carbons (Fsp3) is 0.591. The number of amides is 1. The van der Waals surface area contributed by atoms with E-state index in [1.54, 1.807) is 7.11 Å². The fourth-order valence-corrected chi connectivity index (χ4v) is 4.27. The number of hydrogen-bond acceptors (Lipinski definition) is 8. The summed E-state index contributed by atoms with van der Waals surface area (Å²) < 4.78 is 22.4. The van der Waals surface area contributed by atoms with E-state index in [2.05, 4.69) is 32.3 Å². The number of carbonyl (C=O) groups excluding carboxylic acids is 1. The smallest absolute Gasteiger partial charge is 0.246 e. The molecule has 0 bridgehead atoms. The Morgan fingerprint density at radius 2 is 1.94 bits per heavy atom. The number of nitrogens with one attached hydrogen (secondary N) is 1. The summed E-state index contributed by atoms with van der Waals surface area (Å²) in [5.41, 5.74) is 1.86. The second kappa shape index (κ2) is 10.1. The molecule has 4 rings (SSSR count). The molecule has 1 saturated heterocycles. The average molecular weight is 431 g/mol. The van der Waals surface area contributed by atoms with E-state index in [4.69, 9.17) is 18.9 Å². The maximum Gasteiger partial charge on any atom is 0.246 e. The van der Waals surface area contributed by atoms with E-state index >= 15 is 0 Å². The number of anilines is 1. The Morgan fingerprint density at radius 3 is 2.65 bits per heavy atom. The van der Waals surface area contributed by atoms with Crippen molar-refractivity contribution < 1.29 is 23.7 Å². The van der Waals surface area contributed by atoms with Crippen LogP contribution in [0.5, 0.6) is 11.6 Å². The first kappa shape index (κ1) is 21.6. The van der Waals surface area contributed by atoms with Gasteiger partial charge in [-0.1, -0.05) is 0 Å². The van der Waals surface area contributed by atoms with Gasteiger partial charge in [0, 0.05) is 38.0 Å². The molecule has 1 aliphatic heterocycles. The average Bonchev–Trinajstić information content (AvgIpc) is 2.80. The lowest BCUT2D eigenvalue weighted by Gasteiger charge is -2.31. The Morgan fingerprint density at radius 1 is 1.16 bits per heavy atom. The fourth-order valence-electron chi connectivity index (χ4n) is 4.27. The Labute approximate surface area is 182 Å². The molecule has 1 amide bonds. The van der Waals surface area contributed by atoms with Crippen LogP contribution in [0.25, 0.3) is 10.9 Å². The number of benzene rings is 1. The third-order valence-electron chi connectivity index (χ3n) is 5.83. The highest BCUT2D eigenvalue weighted by Crippen LogP contribution is 2.37. The zero-order valence-corrected chi connectivity index (χ0v) is 18.1. The van der Waals surface area contributed by atoms with Gasteiger partial charge in [0.25, 0.3) is 0 Å². The minimum atomic E-state index is -0.0713. The van der Waals surface area contributed by atoms with E-state index in [-0.39, 0.29) is 24.7 Å². The van der Waals surface area contributed by atoms with Crippen LogP contribution >= 0.6 is 0 Å². The van der Waals surface area contributed by atoms with Crippen molar-refractivity contribution in [2.75, 3.05) is 52.0 Å². The summed E-state index contributed by atoms with van der Waals surface area (Å²) in [5, 5.41) is 3.82. The van der Waals surface area contributed by atoms with Crippen molar-refractivity contribution in [2.24, 2.45) is 0 Å². The lowest BCUT2D eigenvalue weighted by molar-refractivity contribution is -0.125. The van der Waals surface area contributed by atoms with E-state index < -0.39 is 0 Å². The predicted octanol–water partition coefficient (Wildman–Crippen LogP) is 1.93. The van der Waals surface area contributed by atoms with Crippen LogP contribution in [0.2, 0.25) is 0 Å². The van der Waals surface area contributed by atoms with Gasteiger partial charge in [0.1, 0.15) is 24.1 Å². The first-order chi connectivity index (χ1) is 15.2. The number of nitrogens with zero attached hydrogens (tertiary/aromatic N) is 3. The van der Waals surface area contributed by atoms with E-state index in [1.807, 2.05) is 0 Å². The maximum atomic E-state index is 11.8. The number of ether oxygens (including phenoxy) is 4. The molecule has 2 fully saturated rings. The third kappa shape index (κ3) is 5.16. The molecule has 0 atom stereocenters. The van der Waals surface area contributed by atoms with Gasteiger partial charge in [-0.25, -0.2) is 9.97 Å². The van der Waals surface area contributed by atoms with E-state index in [9.17, 15) is 4.79 Å². The molecule has 2 aromatic rings. The summed E-state index contributed by atoms with van der Waals surface area (Å²) >= 11 is 0. The van der Waals surface area contributed by atoms with Crippen molar-refractivity contribution in [3.05, 3.63) is 18.5 Å². The Bertz CT molecular complexity index is 895. The van der Waals surface area contributed by atoms with Gasteiger partial charge in [0.2, 0.25) is 11.8 Å². The quantitative estimate of drug-likeness (QED) is 0.712. The molecule has 9 heteroatoms. The first-order valence-electron chi connectivity index (χ1n) is 10.8. The van der Waals surface area contributed by atoms with Crippen molar-refractivity contribution in [1.29, 1.82) is 0 Å². The molecule has 2 heterocycles. The molecule has 9 nitrogen and oxygen atoms in total. The number of methoxy groups -OCH3 is 2. The zero-order valence-electron chi connectivity index (χ0n) is 18.1. The van der Waals surface area contributed by atoms with Crippen LogP contribution in [-0.2, 0) is 14.3 Å². The Kier molecular flexibility index (Phi) is 7.03. The summed E-state index contributed by atoms with van der Waals surface area (Å²) in [6, 6.07) is 4.28. The van der Waals surface area contributed by atoms with Crippen LogP contribution in [0.3, 0.4) is 0 Å². The lowest BCUT2D eigenvalue weighted by Crippen LogP contribution is -2.41. The monoisotopic (exact) mass is 430 g/mol. The molecular formula is C22H30N4O5. The largest absolute Gasteiger partial charge is 0.489 e. The number of morpholine rings is 1. The van der Waals surface area contributed by atoms with Crippen molar-refractivity contribution in [3.63, 3.8) is 0 Å². The molecule has 0 unspecified atom stereocenters. The highest BCUT2D eigenvalue weighted by Gasteiger charge is 2.25. The summed E-state index contributed by atoms with van der Waals surface area (Å²) in [6.45, 7) is 3.18. The van der Waals surface area contributed by atoms with Crippen LogP contribution in [-0.4, -0.2) is 75.2 Å². The number of aromatic nitrogens is 2. The number of fused-ring (bicyclic) bond motifs is 1. The molecule has 0 spiro atoms. The van der Waals surface area contributed by atoms with Crippen LogP contribution < -0.4 is 19.7 Å². The Balaban J connectivity index is 1.53. The number of carbonyl (C=O) groups is 1. The molecule has 168 valence electrons. The van der Waals surface area contributed by atoms with Gasteiger partial charge in [-0.05, 0) is 31.7 Å². The third-order valence-corrected chi connectivity index (χ3v) is 5.83. The van der Waals surface area contributed by atoms with Crippen LogP contribution in [0.4, 0.5) is 5.69 Å². The van der Waals surface area contributed by atoms with Gasteiger partial charge in [0.05, 0.1) is 31.9 Å². The van der Waals surface area contributed by atoms with Gasteiger partial charge in [-0.3, -0.25) is 4.79 Å². The lowest BCUT2D eigenvalue weighted by atomic mass is 9.93. The van der Waals surface area contributed by atoms with Crippen molar-refractivity contribution >= 4 is 22.5 Å². The summed E-state index contributed by atoms with van der Waals surface area (Å²) in [6.07, 6.45) is 5.03. The SMILES string of the molecule is COCC(=O)N[C@H]1CC[C@@H](Oc2cc(N3CCOCC3)cc3ncnc(OC)c23)CC1. The van der Waals surface area contributed by atoms with Crippen molar-refractivity contribution in [1.82, 2.24) is 15.3 Å². The topological polar surface area (TPSA) is 95.0 Å². The Hall–Kier alpha value is -2.65. The summed E-state index contributed by atoms with van der Waals surface area (Å²) in [7, 11) is 3.13. The van der Waals surface area contributed by atoms with E-state index in [0.29, 0.717) is 19.1 Å². The molecule has 31 heavy (non-hydrogen) atoms. The van der Waals surface area contributed by atoms with Crippen molar-refractivity contribution in [2.45, 2.75) is 37.8 Å². The highest BCUT2D eigenvalue weighted by atomic mass is 16.5. The molecule has 2 aliphatic rings. The maximum absolute atomic E-state index is 11.8. The summed E-state index contributed by atoms with van der Waals surface area (Å²) in [4.78, 5) is 22.8. The minimum absolute atomic E-state index is 0.0589. The molecule has 1 saturated carbocycles. The van der Waals surface area contributed by atoms with Gasteiger partial charge in [0.15, 0.2) is 0 Å². The normalized spacial score (nSPS) is 21.7. The molecule has 1 aliphatic carbocycles. The van der Waals surface area contributed by atoms with Crippen molar-refractivity contribution in [3.8, 4) is 11.6 Å². The first-order valence-corrected chi connectivity index (χ1v) is 10.8. The molecular weight excluding hydrogens is 400 g/mol. The van der Waals surface area contributed by atoms with Gasteiger partial charge in [-0.2, -0.15) is 0 Å². The van der Waals surface area contributed by atoms with Gasteiger partial charge in [-0.15, -0.1) is 0 Å².